The van der Waals surface area contributed by atoms with Crippen LogP contribution in [0.25, 0.3) is 0 Å². The van der Waals surface area contributed by atoms with E-state index in [9.17, 15) is 18.0 Å². The zero-order chi connectivity index (χ0) is 17.3. The van der Waals surface area contributed by atoms with E-state index in [0.29, 0.717) is 30.4 Å². The van der Waals surface area contributed by atoms with E-state index in [2.05, 4.69) is 0 Å². The summed E-state index contributed by atoms with van der Waals surface area (Å²) in [5, 5.41) is 8.68. The predicted molar refractivity (Wildman–Crippen MR) is 81.9 cm³/mol. The van der Waals surface area contributed by atoms with Crippen LogP contribution in [0.15, 0.2) is 42.5 Å². The molecule has 0 saturated carbocycles. The van der Waals surface area contributed by atoms with Crippen LogP contribution in [0.4, 0.5) is 13.2 Å². The number of hydrogen-bond donors (Lipinski definition) is 2. The van der Waals surface area contributed by atoms with Gasteiger partial charge < -0.3 is 0 Å². The van der Waals surface area contributed by atoms with Gasteiger partial charge in [-0.2, -0.15) is 13.2 Å². The van der Waals surface area contributed by atoms with Gasteiger partial charge >= 0.3 is 6.18 Å². The molecule has 0 bridgehead atoms. The Bertz CT molecular complexity index is 771. The van der Waals surface area contributed by atoms with Crippen LogP contribution < -0.4 is 5.48 Å². The molecule has 2 aromatic carbocycles. The molecule has 3 nitrogen and oxygen atoms in total. The first-order chi connectivity index (χ1) is 11.4. The van der Waals surface area contributed by atoms with Crippen LogP contribution in [0, 0.1) is 0 Å². The molecule has 1 aliphatic carbocycles. The van der Waals surface area contributed by atoms with Crippen LogP contribution in [-0.4, -0.2) is 11.1 Å². The first-order valence-corrected chi connectivity index (χ1v) is 7.62. The monoisotopic (exact) mass is 335 g/mol. The summed E-state index contributed by atoms with van der Waals surface area (Å²) in [7, 11) is 0. The number of hydrogen-bond acceptors (Lipinski definition) is 2. The second-order valence-corrected chi connectivity index (χ2v) is 5.95. The molecule has 24 heavy (non-hydrogen) atoms. The summed E-state index contributed by atoms with van der Waals surface area (Å²) in [6.45, 7) is 0. The van der Waals surface area contributed by atoms with Crippen molar-refractivity contribution in [2.75, 3.05) is 0 Å². The van der Waals surface area contributed by atoms with Crippen molar-refractivity contribution in [1.29, 1.82) is 0 Å². The molecule has 0 spiro atoms. The third-order valence-corrected chi connectivity index (χ3v) is 4.50. The van der Waals surface area contributed by atoms with E-state index in [-0.39, 0.29) is 5.92 Å². The number of halogens is 3. The largest absolute Gasteiger partial charge is 0.416 e. The second kappa shape index (κ2) is 6.28. The van der Waals surface area contributed by atoms with Gasteiger partial charge in [-0.05, 0) is 60.1 Å². The van der Waals surface area contributed by atoms with E-state index < -0.39 is 17.6 Å². The van der Waals surface area contributed by atoms with Crippen LogP contribution in [0.1, 0.15) is 45.0 Å². The minimum absolute atomic E-state index is 0.201. The molecule has 3 rings (SSSR count). The van der Waals surface area contributed by atoms with Gasteiger partial charge in [-0.25, -0.2) is 5.48 Å². The van der Waals surface area contributed by atoms with Crippen LogP contribution in [-0.2, 0) is 19.0 Å². The molecule has 0 saturated heterocycles. The highest BCUT2D eigenvalue weighted by Crippen LogP contribution is 2.40. The van der Waals surface area contributed by atoms with Gasteiger partial charge in [0, 0.05) is 5.56 Å². The predicted octanol–water partition coefficient (Wildman–Crippen LogP) is 4.10. The number of alkyl halides is 3. The van der Waals surface area contributed by atoms with Crippen molar-refractivity contribution in [2.24, 2.45) is 0 Å². The smallest absolute Gasteiger partial charge is 0.288 e. The average Bonchev–Trinajstić information content (AvgIpc) is 2.59. The lowest BCUT2D eigenvalue weighted by molar-refractivity contribution is -0.138. The molecular weight excluding hydrogens is 319 g/mol. The molecule has 2 N–H and O–H groups in total. The Morgan fingerprint density at radius 2 is 1.88 bits per heavy atom. The fraction of sp³-hybridized carbons (Fsp3) is 0.278. The number of benzene rings is 2. The van der Waals surface area contributed by atoms with Gasteiger partial charge in [0.2, 0.25) is 0 Å². The van der Waals surface area contributed by atoms with Crippen molar-refractivity contribution in [2.45, 2.75) is 31.4 Å². The summed E-state index contributed by atoms with van der Waals surface area (Å²) in [5.74, 6) is -0.796. The van der Waals surface area contributed by atoms with Crippen molar-refractivity contribution in [3.63, 3.8) is 0 Å². The third-order valence-electron chi connectivity index (χ3n) is 4.50. The molecule has 0 aliphatic heterocycles. The Morgan fingerprint density at radius 1 is 1.12 bits per heavy atom. The molecule has 0 aromatic heterocycles. The number of aryl methyl sites for hydroxylation is 1. The summed E-state index contributed by atoms with van der Waals surface area (Å²) in [5.41, 5.74) is 3.56. The maximum Gasteiger partial charge on any atom is 0.416 e. The van der Waals surface area contributed by atoms with Gasteiger partial charge in [-0.1, -0.05) is 24.3 Å². The third kappa shape index (κ3) is 3.14. The normalized spacial score (nSPS) is 17.2. The Labute approximate surface area is 137 Å². The second-order valence-electron chi connectivity index (χ2n) is 5.95. The number of carbonyl (C=O) groups is 1. The van der Waals surface area contributed by atoms with Gasteiger partial charge in [-0.3, -0.25) is 10.0 Å². The van der Waals surface area contributed by atoms with Crippen molar-refractivity contribution in [1.82, 2.24) is 5.48 Å². The van der Waals surface area contributed by atoms with Crippen LogP contribution in [0.5, 0.6) is 0 Å². The highest BCUT2D eigenvalue weighted by Gasteiger charge is 2.35. The number of hydroxylamine groups is 1. The molecule has 0 radical (unpaired) electrons. The van der Waals surface area contributed by atoms with Gasteiger partial charge in [0.1, 0.15) is 0 Å². The average molecular weight is 335 g/mol. The lowest BCUT2D eigenvalue weighted by Gasteiger charge is -2.27. The van der Waals surface area contributed by atoms with Crippen LogP contribution in [0.2, 0.25) is 0 Å². The number of carbonyl (C=O) groups excluding carboxylic acids is 1. The quantitative estimate of drug-likeness (QED) is 0.641. The minimum Gasteiger partial charge on any atom is -0.288 e. The summed E-state index contributed by atoms with van der Waals surface area (Å²) in [6, 6.07) is 10.7. The van der Waals surface area contributed by atoms with E-state index in [1.807, 2.05) is 0 Å². The van der Waals surface area contributed by atoms with Gasteiger partial charge in [0.25, 0.3) is 5.91 Å². The summed E-state index contributed by atoms with van der Waals surface area (Å²) < 4.78 is 39.6. The number of fused-ring (bicyclic) bond motifs is 1. The van der Waals surface area contributed by atoms with Crippen molar-refractivity contribution >= 4 is 5.91 Å². The van der Waals surface area contributed by atoms with Crippen LogP contribution in [0.3, 0.4) is 0 Å². The highest BCUT2D eigenvalue weighted by molar-refractivity contribution is 5.93. The number of nitrogens with one attached hydrogen (secondary N) is 1. The van der Waals surface area contributed by atoms with Crippen molar-refractivity contribution in [3.8, 4) is 0 Å². The molecule has 0 fully saturated rings. The summed E-state index contributed by atoms with van der Waals surface area (Å²) in [6.07, 6.45) is -2.67. The topological polar surface area (TPSA) is 49.3 Å². The van der Waals surface area contributed by atoms with E-state index in [1.54, 1.807) is 35.8 Å². The summed E-state index contributed by atoms with van der Waals surface area (Å²) in [4.78, 5) is 11.5. The molecule has 0 heterocycles. The van der Waals surface area contributed by atoms with Crippen LogP contribution >= 0.6 is 0 Å². The van der Waals surface area contributed by atoms with E-state index in [4.69, 9.17) is 5.21 Å². The van der Waals surface area contributed by atoms with E-state index >= 15 is 0 Å². The molecule has 1 unspecified atom stereocenters. The molecule has 1 amide bonds. The minimum atomic E-state index is -4.36. The van der Waals surface area contributed by atoms with E-state index in [1.165, 1.54) is 6.07 Å². The fourth-order valence-electron chi connectivity index (χ4n) is 3.34. The molecule has 1 aliphatic rings. The lowest BCUT2D eigenvalue weighted by Crippen LogP contribution is -2.21. The van der Waals surface area contributed by atoms with Gasteiger partial charge in [-0.15, -0.1) is 0 Å². The Hall–Kier alpha value is -2.34. The Balaban J connectivity index is 1.90. The molecule has 1 atom stereocenters. The zero-order valence-corrected chi connectivity index (χ0v) is 12.7. The van der Waals surface area contributed by atoms with Crippen molar-refractivity contribution in [3.05, 3.63) is 70.3 Å². The first kappa shape index (κ1) is 16.5. The van der Waals surface area contributed by atoms with Crippen molar-refractivity contribution < 1.29 is 23.2 Å². The van der Waals surface area contributed by atoms with E-state index in [0.717, 1.165) is 17.2 Å². The molecular formula is C18H16F3NO2. The Kier molecular flexibility index (Phi) is 4.32. The van der Waals surface area contributed by atoms with Gasteiger partial charge in [0.15, 0.2) is 0 Å². The zero-order valence-electron chi connectivity index (χ0n) is 12.7. The maximum atomic E-state index is 13.2. The van der Waals surface area contributed by atoms with Gasteiger partial charge in [0.05, 0.1) is 5.56 Å². The Morgan fingerprint density at radius 3 is 2.58 bits per heavy atom. The first-order valence-electron chi connectivity index (χ1n) is 7.62. The molecule has 6 heteroatoms. The molecule has 126 valence electrons. The SMILES string of the molecule is O=C(NO)c1ccc2c(c1)CCC(c1ccccc1C(F)(F)F)C2. The highest BCUT2D eigenvalue weighted by atomic mass is 19.4. The standard InChI is InChI=1S/C18H16F3NO2/c19-18(20,21)16-4-2-1-3-15(16)13-7-5-12-10-14(17(23)22-24)8-6-11(12)9-13/h1-4,6,8,10,13,24H,5,7,9H2,(H,22,23). The number of rotatable bonds is 2. The number of amides is 1. The fourth-order valence-corrected chi connectivity index (χ4v) is 3.34. The summed E-state index contributed by atoms with van der Waals surface area (Å²) >= 11 is 0. The lowest BCUT2D eigenvalue weighted by atomic mass is 9.78. The maximum absolute atomic E-state index is 13.2. The molecule has 2 aromatic rings.